The molecule has 1 aromatic rings. The summed E-state index contributed by atoms with van der Waals surface area (Å²) in [6, 6.07) is 8.93. The predicted octanol–water partition coefficient (Wildman–Crippen LogP) is 1.75. The first-order valence-corrected chi connectivity index (χ1v) is 11.8. The van der Waals surface area contributed by atoms with Gasteiger partial charge in [0.2, 0.25) is 5.91 Å². The summed E-state index contributed by atoms with van der Waals surface area (Å²) in [7, 11) is 3.91. The molecule has 7 nitrogen and oxygen atoms in total. The van der Waals surface area contributed by atoms with Crippen molar-refractivity contribution in [3.05, 3.63) is 35.4 Å². The number of amides is 1. The highest BCUT2D eigenvalue weighted by atomic mass is 16.1. The Balaban J connectivity index is 1.50. The van der Waals surface area contributed by atoms with Crippen LogP contribution < -0.4 is 10.6 Å². The van der Waals surface area contributed by atoms with Crippen LogP contribution in [0.3, 0.4) is 0 Å². The SMILES string of the molecule is CCNC(=NCc1ccc(CN2CCN(C)CC2)cc1)N1CCC(CC(=O)NC)CC1. The highest BCUT2D eigenvalue weighted by molar-refractivity contribution is 5.80. The molecular formula is C24H40N6O. The van der Waals surface area contributed by atoms with Crippen LogP contribution in [0, 0.1) is 5.92 Å². The van der Waals surface area contributed by atoms with E-state index < -0.39 is 0 Å². The average Bonchev–Trinajstić information content (AvgIpc) is 2.79. The number of rotatable bonds is 7. The number of piperazine rings is 1. The number of hydrogen-bond acceptors (Lipinski definition) is 4. The van der Waals surface area contributed by atoms with Gasteiger partial charge in [-0.1, -0.05) is 24.3 Å². The first-order chi connectivity index (χ1) is 15.1. The molecule has 3 rings (SSSR count). The summed E-state index contributed by atoms with van der Waals surface area (Å²) in [5.41, 5.74) is 2.62. The first-order valence-electron chi connectivity index (χ1n) is 11.8. The third-order valence-electron chi connectivity index (χ3n) is 6.44. The van der Waals surface area contributed by atoms with Crippen LogP contribution in [0.25, 0.3) is 0 Å². The number of likely N-dealkylation sites (tertiary alicyclic amines) is 1. The number of benzene rings is 1. The maximum Gasteiger partial charge on any atom is 0.220 e. The van der Waals surface area contributed by atoms with Gasteiger partial charge in [0.05, 0.1) is 6.54 Å². The van der Waals surface area contributed by atoms with E-state index in [9.17, 15) is 4.79 Å². The molecule has 0 aromatic heterocycles. The molecule has 0 atom stereocenters. The third kappa shape index (κ3) is 7.51. The Bertz CT molecular complexity index is 703. The maximum atomic E-state index is 11.6. The summed E-state index contributed by atoms with van der Waals surface area (Å²) in [4.78, 5) is 23.8. The van der Waals surface area contributed by atoms with Crippen molar-refractivity contribution in [1.29, 1.82) is 0 Å². The van der Waals surface area contributed by atoms with Crippen molar-refractivity contribution in [3.63, 3.8) is 0 Å². The number of guanidine groups is 1. The molecule has 2 saturated heterocycles. The molecule has 7 heteroatoms. The van der Waals surface area contributed by atoms with Gasteiger partial charge in [0, 0.05) is 65.8 Å². The van der Waals surface area contributed by atoms with E-state index in [-0.39, 0.29) is 5.91 Å². The lowest BCUT2D eigenvalue weighted by atomic mass is 9.93. The molecular weight excluding hydrogens is 388 g/mol. The van der Waals surface area contributed by atoms with Crippen LogP contribution in [0.4, 0.5) is 0 Å². The van der Waals surface area contributed by atoms with E-state index >= 15 is 0 Å². The number of nitrogens with one attached hydrogen (secondary N) is 2. The monoisotopic (exact) mass is 428 g/mol. The normalized spacial score (nSPS) is 19.5. The molecule has 2 fully saturated rings. The van der Waals surface area contributed by atoms with Crippen LogP contribution in [0.1, 0.15) is 37.3 Å². The van der Waals surface area contributed by atoms with Gasteiger partial charge < -0.3 is 20.4 Å². The summed E-state index contributed by atoms with van der Waals surface area (Å²) in [6.07, 6.45) is 2.72. The van der Waals surface area contributed by atoms with Gasteiger partial charge in [-0.15, -0.1) is 0 Å². The van der Waals surface area contributed by atoms with Crippen LogP contribution in [0.15, 0.2) is 29.3 Å². The lowest BCUT2D eigenvalue weighted by Crippen LogP contribution is -2.46. The van der Waals surface area contributed by atoms with Crippen molar-refractivity contribution >= 4 is 11.9 Å². The number of likely N-dealkylation sites (N-methyl/N-ethyl adjacent to an activating group) is 1. The van der Waals surface area contributed by atoms with E-state index in [0.29, 0.717) is 18.9 Å². The number of carbonyl (C=O) groups excluding carboxylic acids is 1. The first kappa shape index (κ1) is 23.5. The fourth-order valence-corrected chi connectivity index (χ4v) is 4.32. The molecule has 1 aromatic carbocycles. The number of hydrogen-bond donors (Lipinski definition) is 2. The molecule has 0 bridgehead atoms. The molecule has 0 aliphatic carbocycles. The van der Waals surface area contributed by atoms with Crippen molar-refractivity contribution in [2.75, 3.05) is 59.9 Å². The molecule has 2 N–H and O–H groups in total. The summed E-state index contributed by atoms with van der Waals surface area (Å²) in [6.45, 7) is 11.2. The van der Waals surface area contributed by atoms with Gasteiger partial charge in [0.15, 0.2) is 5.96 Å². The Morgan fingerprint density at radius 2 is 1.68 bits per heavy atom. The number of aliphatic imine (C=N–C) groups is 1. The highest BCUT2D eigenvalue weighted by Crippen LogP contribution is 2.20. The molecule has 0 unspecified atom stereocenters. The zero-order valence-electron chi connectivity index (χ0n) is 19.6. The van der Waals surface area contributed by atoms with E-state index in [1.54, 1.807) is 7.05 Å². The van der Waals surface area contributed by atoms with Crippen LogP contribution in [0.2, 0.25) is 0 Å². The fraction of sp³-hybridized carbons (Fsp3) is 0.667. The van der Waals surface area contributed by atoms with Crippen molar-refractivity contribution in [3.8, 4) is 0 Å². The summed E-state index contributed by atoms with van der Waals surface area (Å²) >= 11 is 0. The zero-order chi connectivity index (χ0) is 22.1. The Kier molecular flexibility index (Phi) is 9.15. The smallest absolute Gasteiger partial charge is 0.220 e. The maximum absolute atomic E-state index is 11.6. The minimum absolute atomic E-state index is 0.148. The quantitative estimate of drug-likeness (QED) is 0.512. The van der Waals surface area contributed by atoms with Gasteiger partial charge in [-0.25, -0.2) is 4.99 Å². The number of nitrogens with zero attached hydrogens (tertiary/aromatic N) is 4. The van der Waals surface area contributed by atoms with Crippen molar-refractivity contribution < 1.29 is 4.79 Å². The zero-order valence-corrected chi connectivity index (χ0v) is 19.6. The highest BCUT2D eigenvalue weighted by Gasteiger charge is 2.23. The molecule has 31 heavy (non-hydrogen) atoms. The van der Waals surface area contributed by atoms with Crippen LogP contribution >= 0.6 is 0 Å². The van der Waals surface area contributed by atoms with Crippen molar-refractivity contribution in [1.82, 2.24) is 25.3 Å². The van der Waals surface area contributed by atoms with Gasteiger partial charge in [-0.05, 0) is 43.9 Å². The van der Waals surface area contributed by atoms with Gasteiger partial charge >= 0.3 is 0 Å². The Morgan fingerprint density at radius 1 is 1.03 bits per heavy atom. The molecule has 2 heterocycles. The number of piperidine rings is 1. The van der Waals surface area contributed by atoms with E-state index in [2.05, 4.69) is 63.6 Å². The molecule has 1 amide bonds. The third-order valence-corrected chi connectivity index (χ3v) is 6.44. The fourth-order valence-electron chi connectivity index (χ4n) is 4.32. The van der Waals surface area contributed by atoms with E-state index in [0.717, 1.165) is 71.2 Å². The Labute approximate surface area is 187 Å². The van der Waals surface area contributed by atoms with Gasteiger partial charge in [0.1, 0.15) is 0 Å². The van der Waals surface area contributed by atoms with E-state index in [4.69, 9.17) is 4.99 Å². The predicted molar refractivity (Wildman–Crippen MR) is 127 cm³/mol. The lowest BCUT2D eigenvalue weighted by Gasteiger charge is -2.34. The molecule has 0 spiro atoms. The minimum atomic E-state index is 0.148. The molecule has 2 aliphatic heterocycles. The van der Waals surface area contributed by atoms with Crippen LogP contribution in [-0.4, -0.2) is 86.5 Å². The second-order valence-electron chi connectivity index (χ2n) is 8.87. The molecule has 2 aliphatic rings. The largest absolute Gasteiger partial charge is 0.359 e. The summed E-state index contributed by atoms with van der Waals surface area (Å²) in [5, 5.41) is 6.18. The minimum Gasteiger partial charge on any atom is -0.359 e. The topological polar surface area (TPSA) is 63.2 Å². The van der Waals surface area contributed by atoms with Crippen molar-refractivity contribution in [2.45, 2.75) is 39.3 Å². The standard InChI is InChI=1S/C24H40N6O/c1-4-26-24(30-11-9-20(10-12-30)17-23(31)25-2)27-18-21-5-7-22(8-6-21)19-29-15-13-28(3)14-16-29/h5-8,20H,4,9-19H2,1-3H3,(H,25,31)(H,26,27). The van der Waals surface area contributed by atoms with Crippen molar-refractivity contribution in [2.24, 2.45) is 10.9 Å². The molecule has 172 valence electrons. The second-order valence-corrected chi connectivity index (χ2v) is 8.87. The van der Waals surface area contributed by atoms with E-state index in [1.165, 1.54) is 11.1 Å². The van der Waals surface area contributed by atoms with Crippen LogP contribution in [0.5, 0.6) is 0 Å². The summed E-state index contributed by atoms with van der Waals surface area (Å²) < 4.78 is 0. The average molecular weight is 429 g/mol. The van der Waals surface area contributed by atoms with Crippen LogP contribution in [-0.2, 0) is 17.9 Å². The van der Waals surface area contributed by atoms with Gasteiger partial charge in [-0.2, -0.15) is 0 Å². The van der Waals surface area contributed by atoms with E-state index in [1.807, 2.05) is 0 Å². The second kappa shape index (κ2) is 12.1. The Morgan fingerprint density at radius 3 is 2.29 bits per heavy atom. The molecule has 0 saturated carbocycles. The molecule has 0 radical (unpaired) electrons. The van der Waals surface area contributed by atoms with Gasteiger partial charge in [0.25, 0.3) is 0 Å². The Hall–Kier alpha value is -2.12. The lowest BCUT2D eigenvalue weighted by molar-refractivity contribution is -0.121. The number of carbonyl (C=O) groups is 1. The summed E-state index contributed by atoms with van der Waals surface area (Å²) in [5.74, 6) is 1.62. The van der Waals surface area contributed by atoms with Gasteiger partial charge in [-0.3, -0.25) is 9.69 Å².